The summed E-state index contributed by atoms with van der Waals surface area (Å²) in [6, 6.07) is 1.60. The Labute approximate surface area is 109 Å². The fraction of sp³-hybridized carbons (Fsp3) is 0.455. The van der Waals surface area contributed by atoms with Crippen LogP contribution < -0.4 is 5.32 Å². The molecule has 1 aromatic heterocycles. The second-order valence-electron chi connectivity index (χ2n) is 4.12. The number of anilines is 1. The monoisotopic (exact) mass is 268 g/mol. The van der Waals surface area contributed by atoms with E-state index in [0.29, 0.717) is 18.7 Å². The van der Waals surface area contributed by atoms with Crippen LogP contribution in [0.4, 0.5) is 5.95 Å². The summed E-state index contributed by atoms with van der Waals surface area (Å²) in [5, 5.41) is 2.80. The third-order valence-corrected chi connectivity index (χ3v) is 2.77. The van der Waals surface area contributed by atoms with Crippen LogP contribution >= 0.6 is 11.6 Å². The maximum atomic E-state index is 11.7. The van der Waals surface area contributed by atoms with Crippen molar-refractivity contribution < 1.29 is 9.59 Å². The first-order valence-corrected chi connectivity index (χ1v) is 6.01. The zero-order valence-corrected chi connectivity index (χ0v) is 10.7. The van der Waals surface area contributed by atoms with Gasteiger partial charge in [-0.15, -0.1) is 0 Å². The van der Waals surface area contributed by atoms with Crippen molar-refractivity contribution in [1.29, 1.82) is 0 Å². The summed E-state index contributed by atoms with van der Waals surface area (Å²) < 4.78 is 0. The van der Waals surface area contributed by atoms with Crippen molar-refractivity contribution in [3.8, 4) is 0 Å². The Bertz CT molecular complexity index is 472. The highest BCUT2D eigenvalue weighted by molar-refractivity contribution is 6.29. The molecule has 0 aromatic carbocycles. The molecular weight excluding hydrogens is 256 g/mol. The standard InChI is InChI=1S/C11H13ClN4O2/c1-7-5-8(12)14-11(13-7)15-9(17)6-16-4-2-3-10(16)18/h5H,2-4,6H2,1H3,(H,13,14,15,17). The lowest BCUT2D eigenvalue weighted by Crippen LogP contribution is -2.34. The molecule has 1 fully saturated rings. The van der Waals surface area contributed by atoms with Gasteiger partial charge in [0.15, 0.2) is 0 Å². The SMILES string of the molecule is Cc1cc(Cl)nc(NC(=O)CN2CCCC2=O)n1. The van der Waals surface area contributed by atoms with Crippen LogP contribution in [0.25, 0.3) is 0 Å². The van der Waals surface area contributed by atoms with Gasteiger partial charge < -0.3 is 4.90 Å². The lowest BCUT2D eigenvalue weighted by molar-refractivity contribution is -0.131. The normalized spacial score (nSPS) is 15.0. The minimum Gasteiger partial charge on any atom is -0.333 e. The van der Waals surface area contributed by atoms with E-state index in [-0.39, 0.29) is 29.5 Å². The van der Waals surface area contributed by atoms with E-state index < -0.39 is 0 Å². The maximum Gasteiger partial charge on any atom is 0.246 e. The number of halogens is 1. The van der Waals surface area contributed by atoms with Crippen molar-refractivity contribution in [2.45, 2.75) is 19.8 Å². The quantitative estimate of drug-likeness (QED) is 0.830. The lowest BCUT2D eigenvalue weighted by Gasteiger charge is -2.14. The first kappa shape index (κ1) is 12.8. The summed E-state index contributed by atoms with van der Waals surface area (Å²) in [4.78, 5) is 32.5. The second kappa shape index (κ2) is 5.30. The molecule has 2 rings (SSSR count). The van der Waals surface area contributed by atoms with Gasteiger partial charge in [-0.2, -0.15) is 0 Å². The molecule has 1 aliphatic rings. The van der Waals surface area contributed by atoms with Crippen LogP contribution in [0, 0.1) is 6.92 Å². The van der Waals surface area contributed by atoms with Crippen LogP contribution in [0.1, 0.15) is 18.5 Å². The molecule has 18 heavy (non-hydrogen) atoms. The molecule has 6 nitrogen and oxygen atoms in total. The molecule has 2 amide bonds. The van der Waals surface area contributed by atoms with Crippen molar-refractivity contribution in [2.24, 2.45) is 0 Å². The first-order valence-electron chi connectivity index (χ1n) is 5.63. The van der Waals surface area contributed by atoms with Gasteiger partial charge in [0.25, 0.3) is 0 Å². The highest BCUT2D eigenvalue weighted by atomic mass is 35.5. The Morgan fingerprint density at radius 3 is 2.94 bits per heavy atom. The summed E-state index contributed by atoms with van der Waals surface area (Å²) in [6.45, 7) is 2.42. The Hall–Kier alpha value is -1.69. The fourth-order valence-corrected chi connectivity index (χ4v) is 2.03. The van der Waals surface area contributed by atoms with Crippen molar-refractivity contribution >= 4 is 29.4 Å². The Morgan fingerprint density at radius 1 is 1.56 bits per heavy atom. The third-order valence-electron chi connectivity index (χ3n) is 2.58. The highest BCUT2D eigenvalue weighted by Gasteiger charge is 2.22. The number of carbonyl (C=O) groups is 2. The molecule has 0 spiro atoms. The van der Waals surface area contributed by atoms with Crippen LogP contribution in [0.3, 0.4) is 0 Å². The van der Waals surface area contributed by atoms with E-state index in [1.807, 2.05) is 0 Å². The topological polar surface area (TPSA) is 75.2 Å². The minimum atomic E-state index is -0.313. The average Bonchev–Trinajstić information content (AvgIpc) is 2.62. The molecule has 0 aliphatic carbocycles. The summed E-state index contributed by atoms with van der Waals surface area (Å²) in [6.07, 6.45) is 1.32. The Morgan fingerprint density at radius 2 is 2.33 bits per heavy atom. The summed E-state index contributed by atoms with van der Waals surface area (Å²) in [7, 11) is 0. The molecule has 1 N–H and O–H groups in total. The molecule has 7 heteroatoms. The number of nitrogens with zero attached hydrogens (tertiary/aromatic N) is 3. The van der Waals surface area contributed by atoms with E-state index >= 15 is 0 Å². The zero-order chi connectivity index (χ0) is 13.1. The van der Waals surface area contributed by atoms with Gasteiger partial charge in [0, 0.05) is 18.7 Å². The maximum absolute atomic E-state index is 11.7. The molecule has 0 atom stereocenters. The number of carbonyl (C=O) groups excluding carboxylic acids is 2. The summed E-state index contributed by atoms with van der Waals surface area (Å²) in [5.74, 6) is -0.142. The number of aromatic nitrogens is 2. The predicted octanol–water partition coefficient (Wildman–Crippen LogP) is 0.999. The van der Waals surface area contributed by atoms with E-state index in [1.54, 1.807) is 13.0 Å². The molecule has 2 heterocycles. The van der Waals surface area contributed by atoms with Crippen LogP contribution in [0.15, 0.2) is 6.07 Å². The highest BCUT2D eigenvalue weighted by Crippen LogP contribution is 2.11. The van der Waals surface area contributed by atoms with Gasteiger partial charge in [-0.25, -0.2) is 9.97 Å². The van der Waals surface area contributed by atoms with Gasteiger partial charge in [0.2, 0.25) is 17.8 Å². The number of rotatable bonds is 3. The fourth-order valence-electron chi connectivity index (χ4n) is 1.79. The van der Waals surface area contributed by atoms with E-state index in [1.165, 1.54) is 4.90 Å². The number of nitrogens with one attached hydrogen (secondary N) is 1. The molecule has 0 radical (unpaired) electrons. The third kappa shape index (κ3) is 3.16. The summed E-state index contributed by atoms with van der Waals surface area (Å²) >= 11 is 5.76. The largest absolute Gasteiger partial charge is 0.333 e. The van der Waals surface area contributed by atoms with Gasteiger partial charge >= 0.3 is 0 Å². The number of hydrogen-bond donors (Lipinski definition) is 1. The first-order chi connectivity index (χ1) is 8.54. The number of aryl methyl sites for hydroxylation is 1. The van der Waals surface area contributed by atoms with Crippen LogP contribution in [0.2, 0.25) is 5.15 Å². The molecule has 96 valence electrons. The second-order valence-corrected chi connectivity index (χ2v) is 4.51. The van der Waals surface area contributed by atoms with E-state index in [9.17, 15) is 9.59 Å². The molecule has 1 saturated heterocycles. The lowest BCUT2D eigenvalue weighted by atomic mass is 10.4. The number of amides is 2. The van der Waals surface area contributed by atoms with Crippen LogP contribution in [-0.2, 0) is 9.59 Å². The Balaban J connectivity index is 1.96. The van der Waals surface area contributed by atoms with Crippen molar-refractivity contribution in [3.05, 3.63) is 16.9 Å². The van der Waals surface area contributed by atoms with Crippen molar-refractivity contribution in [2.75, 3.05) is 18.4 Å². The van der Waals surface area contributed by atoms with Crippen LogP contribution in [-0.4, -0.2) is 39.8 Å². The number of likely N-dealkylation sites (tertiary alicyclic amines) is 1. The molecule has 0 unspecified atom stereocenters. The van der Waals surface area contributed by atoms with Gasteiger partial charge in [-0.1, -0.05) is 11.6 Å². The van der Waals surface area contributed by atoms with Gasteiger partial charge in [-0.05, 0) is 19.4 Å². The smallest absolute Gasteiger partial charge is 0.246 e. The molecular formula is C11H13ClN4O2. The van der Waals surface area contributed by atoms with Crippen molar-refractivity contribution in [1.82, 2.24) is 14.9 Å². The molecule has 1 aliphatic heterocycles. The van der Waals surface area contributed by atoms with E-state index in [0.717, 1.165) is 6.42 Å². The van der Waals surface area contributed by atoms with Crippen molar-refractivity contribution in [3.63, 3.8) is 0 Å². The van der Waals surface area contributed by atoms with Gasteiger partial charge in [0.1, 0.15) is 5.15 Å². The van der Waals surface area contributed by atoms with Crippen LogP contribution in [0.5, 0.6) is 0 Å². The molecule has 0 bridgehead atoms. The van der Waals surface area contributed by atoms with E-state index in [2.05, 4.69) is 15.3 Å². The van der Waals surface area contributed by atoms with Gasteiger partial charge in [0.05, 0.1) is 6.54 Å². The van der Waals surface area contributed by atoms with E-state index in [4.69, 9.17) is 11.6 Å². The predicted molar refractivity (Wildman–Crippen MR) is 66.2 cm³/mol. The minimum absolute atomic E-state index is 0.00773. The molecule has 1 aromatic rings. The zero-order valence-electron chi connectivity index (χ0n) is 9.94. The average molecular weight is 269 g/mol. The Kier molecular flexibility index (Phi) is 3.76. The van der Waals surface area contributed by atoms with Gasteiger partial charge in [-0.3, -0.25) is 14.9 Å². The summed E-state index contributed by atoms with van der Waals surface area (Å²) in [5.41, 5.74) is 0.669. The molecule has 0 saturated carbocycles. The number of hydrogen-bond acceptors (Lipinski definition) is 4.